The van der Waals surface area contributed by atoms with Crippen LogP contribution in [0.4, 0.5) is 0 Å². The van der Waals surface area contributed by atoms with Crippen LogP contribution < -0.4 is 5.32 Å². The highest BCUT2D eigenvalue weighted by atomic mass is 16.5. The van der Waals surface area contributed by atoms with Crippen molar-refractivity contribution in [3.05, 3.63) is 35.9 Å². The molecule has 1 N–H and O–H groups in total. The van der Waals surface area contributed by atoms with Gasteiger partial charge in [-0.3, -0.25) is 4.79 Å². The smallest absolute Gasteiger partial charge is 0.239 e. The second-order valence-corrected chi connectivity index (χ2v) is 6.95. The molecule has 1 saturated carbocycles. The Morgan fingerprint density at radius 2 is 2.10 bits per heavy atom. The Hall–Kier alpha value is -1.39. The average Bonchev–Trinajstić information content (AvgIpc) is 3.12. The average molecular weight is 286 g/mol. The second kappa shape index (κ2) is 4.55. The van der Waals surface area contributed by atoms with Crippen molar-refractivity contribution < 1.29 is 9.53 Å². The molecule has 4 aliphatic rings. The topological polar surface area (TPSA) is 41.6 Å². The lowest BCUT2D eigenvalue weighted by atomic mass is 9.59. The maximum absolute atomic E-state index is 11.9. The van der Waals surface area contributed by atoms with Crippen LogP contribution >= 0.6 is 0 Å². The van der Waals surface area contributed by atoms with Gasteiger partial charge in [-0.1, -0.05) is 30.3 Å². The normalized spacial score (nSPS) is 37.9. The van der Waals surface area contributed by atoms with Crippen molar-refractivity contribution in [2.75, 3.05) is 26.7 Å². The first-order chi connectivity index (χ1) is 10.1. The number of amides is 1. The summed E-state index contributed by atoms with van der Waals surface area (Å²) in [5, 5.41) is 3.43. The minimum absolute atomic E-state index is 0.0136. The molecular formula is C17H22N2O2. The van der Waals surface area contributed by atoms with Gasteiger partial charge in [0.2, 0.25) is 5.91 Å². The third-order valence-electron chi connectivity index (χ3n) is 5.46. The highest BCUT2D eigenvalue weighted by Gasteiger charge is 2.62. The van der Waals surface area contributed by atoms with E-state index in [2.05, 4.69) is 35.6 Å². The molecule has 0 radical (unpaired) electrons. The number of nitrogens with one attached hydrogen (secondary N) is 1. The fraction of sp³-hybridized carbons (Fsp3) is 0.588. The van der Waals surface area contributed by atoms with Crippen molar-refractivity contribution >= 4 is 5.91 Å². The van der Waals surface area contributed by atoms with Gasteiger partial charge in [0.15, 0.2) is 0 Å². The van der Waals surface area contributed by atoms with Crippen LogP contribution in [-0.4, -0.2) is 49.2 Å². The van der Waals surface area contributed by atoms with Crippen LogP contribution in [0.1, 0.15) is 24.8 Å². The number of nitrogens with zero attached hydrogens (tertiary/aromatic N) is 1. The van der Waals surface area contributed by atoms with Crippen LogP contribution in [-0.2, 0) is 14.9 Å². The number of rotatable bonds is 4. The molecule has 1 aromatic rings. The largest absolute Gasteiger partial charge is 0.373 e. The molecule has 0 aromatic heterocycles. The molecule has 21 heavy (non-hydrogen) atoms. The number of likely N-dealkylation sites (N-methyl/N-ethyl adjacent to an activating group) is 1. The number of hydrogen-bond donors (Lipinski definition) is 1. The second-order valence-electron chi connectivity index (χ2n) is 6.95. The molecule has 3 aliphatic heterocycles. The third kappa shape index (κ3) is 2.00. The lowest BCUT2D eigenvalue weighted by Gasteiger charge is -2.45. The molecule has 4 fully saturated rings. The Labute approximate surface area is 125 Å². The number of carbonyl (C=O) groups is 1. The number of fused-ring (bicyclic) bond motifs is 1. The molecule has 5 rings (SSSR count). The highest BCUT2D eigenvalue weighted by Crippen LogP contribution is 2.58. The fourth-order valence-corrected chi connectivity index (χ4v) is 4.25. The fourth-order valence-electron chi connectivity index (χ4n) is 4.25. The predicted molar refractivity (Wildman–Crippen MR) is 80.1 cm³/mol. The van der Waals surface area contributed by atoms with Crippen molar-refractivity contribution in [3.63, 3.8) is 0 Å². The Balaban J connectivity index is 1.38. The SMILES string of the molecule is CN1CCC(NCC23CC(c4ccccc4)(CO2)C3)C1=O. The van der Waals surface area contributed by atoms with E-state index in [1.807, 2.05) is 7.05 Å². The zero-order chi connectivity index (χ0) is 14.5. The summed E-state index contributed by atoms with van der Waals surface area (Å²) < 4.78 is 6.11. The van der Waals surface area contributed by atoms with Gasteiger partial charge in [-0.2, -0.15) is 0 Å². The third-order valence-corrected chi connectivity index (χ3v) is 5.46. The lowest BCUT2D eigenvalue weighted by Crippen LogP contribution is -2.54. The minimum Gasteiger partial charge on any atom is -0.373 e. The molecule has 1 aliphatic carbocycles. The lowest BCUT2D eigenvalue weighted by molar-refractivity contribution is -0.128. The number of hydrogen-bond acceptors (Lipinski definition) is 3. The Kier molecular flexibility index (Phi) is 2.88. The summed E-state index contributed by atoms with van der Waals surface area (Å²) in [6.07, 6.45) is 3.07. The van der Waals surface area contributed by atoms with Gasteiger partial charge in [0.1, 0.15) is 0 Å². The molecule has 1 aromatic carbocycles. The van der Waals surface area contributed by atoms with E-state index in [-0.39, 0.29) is 23.0 Å². The molecule has 3 saturated heterocycles. The Bertz CT molecular complexity index is 551. The zero-order valence-corrected chi connectivity index (χ0v) is 12.5. The van der Waals surface area contributed by atoms with E-state index in [0.29, 0.717) is 0 Å². The van der Waals surface area contributed by atoms with E-state index in [9.17, 15) is 4.79 Å². The van der Waals surface area contributed by atoms with E-state index in [1.54, 1.807) is 4.90 Å². The van der Waals surface area contributed by atoms with Crippen molar-refractivity contribution in [1.29, 1.82) is 0 Å². The first-order valence-electron chi connectivity index (χ1n) is 7.81. The van der Waals surface area contributed by atoms with Crippen molar-refractivity contribution in [2.45, 2.75) is 36.3 Å². The standard InChI is InChI=1S/C17H22N2O2/c1-19-8-7-14(15(19)20)18-11-17-9-16(10-17,12-21-17)13-5-3-2-4-6-13/h2-6,14,18H,7-12H2,1H3. The predicted octanol–water partition coefficient (Wildman–Crippen LogP) is 1.31. The van der Waals surface area contributed by atoms with Gasteiger partial charge < -0.3 is 15.0 Å². The zero-order valence-electron chi connectivity index (χ0n) is 12.5. The van der Waals surface area contributed by atoms with Crippen LogP contribution in [0.2, 0.25) is 0 Å². The van der Waals surface area contributed by atoms with Crippen molar-refractivity contribution in [3.8, 4) is 0 Å². The summed E-state index contributed by atoms with van der Waals surface area (Å²) in [7, 11) is 1.87. The summed E-state index contributed by atoms with van der Waals surface area (Å²) >= 11 is 0. The number of likely N-dealkylation sites (tertiary alicyclic amines) is 1. The van der Waals surface area contributed by atoms with E-state index in [0.717, 1.165) is 39.0 Å². The molecule has 1 atom stereocenters. The molecule has 3 heterocycles. The van der Waals surface area contributed by atoms with Crippen LogP contribution in [0, 0.1) is 0 Å². The summed E-state index contributed by atoms with van der Waals surface area (Å²) in [6.45, 7) is 2.47. The van der Waals surface area contributed by atoms with Crippen LogP contribution in [0.3, 0.4) is 0 Å². The summed E-state index contributed by atoms with van der Waals surface area (Å²) in [5.74, 6) is 0.220. The molecular weight excluding hydrogens is 264 g/mol. The van der Waals surface area contributed by atoms with Gasteiger partial charge in [-0.25, -0.2) is 0 Å². The molecule has 0 spiro atoms. The minimum atomic E-state index is -0.0444. The molecule has 1 unspecified atom stereocenters. The monoisotopic (exact) mass is 286 g/mol. The number of ether oxygens (including phenoxy) is 1. The van der Waals surface area contributed by atoms with Gasteiger partial charge in [-0.05, 0) is 24.8 Å². The van der Waals surface area contributed by atoms with Crippen LogP contribution in [0.15, 0.2) is 30.3 Å². The quantitative estimate of drug-likeness (QED) is 0.907. The summed E-state index contributed by atoms with van der Waals surface area (Å²) in [4.78, 5) is 13.7. The first-order valence-corrected chi connectivity index (χ1v) is 7.81. The van der Waals surface area contributed by atoms with Crippen LogP contribution in [0.5, 0.6) is 0 Å². The van der Waals surface area contributed by atoms with Crippen LogP contribution in [0.25, 0.3) is 0 Å². The highest BCUT2D eigenvalue weighted by molar-refractivity contribution is 5.83. The molecule has 4 nitrogen and oxygen atoms in total. The van der Waals surface area contributed by atoms with Gasteiger partial charge in [0, 0.05) is 25.6 Å². The summed E-state index contributed by atoms with van der Waals surface area (Å²) in [5.41, 5.74) is 1.58. The first kappa shape index (κ1) is 13.3. The van der Waals surface area contributed by atoms with E-state index in [1.165, 1.54) is 5.56 Å². The molecule has 1 amide bonds. The Morgan fingerprint density at radius 1 is 1.33 bits per heavy atom. The van der Waals surface area contributed by atoms with E-state index < -0.39 is 0 Å². The van der Waals surface area contributed by atoms with Crippen molar-refractivity contribution in [2.24, 2.45) is 0 Å². The molecule has 2 bridgehead atoms. The van der Waals surface area contributed by atoms with Gasteiger partial charge in [-0.15, -0.1) is 0 Å². The van der Waals surface area contributed by atoms with Gasteiger partial charge in [0.05, 0.1) is 18.2 Å². The van der Waals surface area contributed by atoms with Crippen molar-refractivity contribution in [1.82, 2.24) is 10.2 Å². The van der Waals surface area contributed by atoms with E-state index >= 15 is 0 Å². The summed E-state index contributed by atoms with van der Waals surface area (Å²) in [6, 6.07) is 10.7. The van der Waals surface area contributed by atoms with E-state index in [4.69, 9.17) is 4.74 Å². The molecule has 4 heteroatoms. The Morgan fingerprint density at radius 3 is 2.76 bits per heavy atom. The van der Waals surface area contributed by atoms with Gasteiger partial charge in [0.25, 0.3) is 0 Å². The number of carbonyl (C=O) groups excluding carboxylic acids is 1. The number of benzene rings is 1. The molecule has 112 valence electrons. The maximum atomic E-state index is 11.9. The van der Waals surface area contributed by atoms with Gasteiger partial charge >= 0.3 is 0 Å². The maximum Gasteiger partial charge on any atom is 0.239 e.